The zero-order valence-electron chi connectivity index (χ0n) is 21.8. The summed E-state index contributed by atoms with van der Waals surface area (Å²) in [4.78, 5) is 28.1. The fourth-order valence-corrected chi connectivity index (χ4v) is 5.40. The minimum absolute atomic E-state index is 0.0690. The van der Waals surface area contributed by atoms with Gasteiger partial charge in [0, 0.05) is 54.2 Å². The molecule has 0 spiro atoms. The number of hydrogen-bond acceptors (Lipinski definition) is 6. The Morgan fingerprint density at radius 3 is 2.36 bits per heavy atom. The first-order chi connectivity index (χ1) is 17.2. The van der Waals surface area contributed by atoms with Gasteiger partial charge in [-0.25, -0.2) is 0 Å². The second kappa shape index (κ2) is 11.3. The molecule has 1 aliphatic carbocycles. The first kappa shape index (κ1) is 25.9. The largest absolute Gasteiger partial charge is 0.382 e. The number of nitro groups is 1. The summed E-state index contributed by atoms with van der Waals surface area (Å²) in [5.41, 5.74) is 4.16. The molecule has 8 nitrogen and oxygen atoms in total. The average molecular weight is 495 g/mol. The number of ether oxygens (including phenoxy) is 1. The van der Waals surface area contributed by atoms with Crippen molar-refractivity contribution >= 4 is 23.0 Å². The lowest BCUT2D eigenvalue weighted by Gasteiger charge is -2.45. The van der Waals surface area contributed by atoms with Gasteiger partial charge in [0.1, 0.15) is 6.61 Å². The van der Waals surface area contributed by atoms with Crippen LogP contribution in [-0.4, -0.2) is 59.7 Å². The Labute approximate surface area is 213 Å². The van der Waals surface area contributed by atoms with E-state index in [1.165, 1.54) is 11.3 Å². The Morgan fingerprint density at radius 2 is 1.72 bits per heavy atom. The third kappa shape index (κ3) is 6.16. The number of carbonyl (C=O) groups is 1. The van der Waals surface area contributed by atoms with Crippen LogP contribution in [0.25, 0.3) is 0 Å². The summed E-state index contributed by atoms with van der Waals surface area (Å²) in [5.74, 6) is 0.0690. The van der Waals surface area contributed by atoms with Crippen LogP contribution in [0, 0.1) is 24.0 Å². The van der Waals surface area contributed by atoms with Gasteiger partial charge in [-0.3, -0.25) is 14.9 Å². The SMILES string of the molecule is Cc1ccc(N2CC(C)N(C(=O)COC3CCC(Nc4ccc([N+](=O)[O-])c(C)c4)CC3)CC2C)cc1. The summed E-state index contributed by atoms with van der Waals surface area (Å²) in [5, 5.41) is 14.5. The van der Waals surface area contributed by atoms with E-state index in [-0.39, 0.29) is 41.3 Å². The van der Waals surface area contributed by atoms with Crippen molar-refractivity contribution in [3.63, 3.8) is 0 Å². The molecule has 2 atom stereocenters. The van der Waals surface area contributed by atoms with Crippen molar-refractivity contribution in [1.82, 2.24) is 4.90 Å². The van der Waals surface area contributed by atoms with E-state index in [9.17, 15) is 14.9 Å². The van der Waals surface area contributed by atoms with Gasteiger partial charge >= 0.3 is 0 Å². The fourth-order valence-electron chi connectivity index (χ4n) is 5.40. The van der Waals surface area contributed by atoms with Crippen LogP contribution in [0.3, 0.4) is 0 Å². The number of nitrogens with one attached hydrogen (secondary N) is 1. The van der Waals surface area contributed by atoms with Gasteiger partial charge in [-0.2, -0.15) is 0 Å². The molecule has 1 amide bonds. The summed E-state index contributed by atoms with van der Waals surface area (Å²) in [7, 11) is 0. The van der Waals surface area contributed by atoms with Crippen molar-refractivity contribution in [3.8, 4) is 0 Å². The van der Waals surface area contributed by atoms with E-state index in [0.717, 1.165) is 37.9 Å². The van der Waals surface area contributed by atoms with Gasteiger partial charge in [0.15, 0.2) is 0 Å². The summed E-state index contributed by atoms with van der Waals surface area (Å²) in [6, 6.07) is 14.4. The molecule has 1 saturated heterocycles. The molecule has 194 valence electrons. The van der Waals surface area contributed by atoms with Gasteiger partial charge in [-0.05, 0) is 77.6 Å². The van der Waals surface area contributed by atoms with Gasteiger partial charge in [-0.15, -0.1) is 0 Å². The maximum Gasteiger partial charge on any atom is 0.272 e. The average Bonchev–Trinajstić information content (AvgIpc) is 2.85. The molecule has 1 heterocycles. The molecule has 1 aliphatic heterocycles. The maximum atomic E-state index is 13.0. The lowest BCUT2D eigenvalue weighted by atomic mass is 9.92. The van der Waals surface area contributed by atoms with E-state index in [4.69, 9.17) is 4.74 Å². The van der Waals surface area contributed by atoms with Crippen molar-refractivity contribution in [2.45, 2.75) is 77.6 Å². The molecular formula is C28H38N4O4. The molecule has 8 heteroatoms. The summed E-state index contributed by atoms with van der Waals surface area (Å²) >= 11 is 0. The molecule has 4 rings (SSSR count). The van der Waals surface area contributed by atoms with Crippen LogP contribution in [-0.2, 0) is 9.53 Å². The molecule has 36 heavy (non-hydrogen) atoms. The predicted octanol–water partition coefficient (Wildman–Crippen LogP) is 5.08. The number of benzene rings is 2. The number of nitrogens with zero attached hydrogens (tertiary/aromatic N) is 3. The first-order valence-electron chi connectivity index (χ1n) is 13.0. The number of carbonyl (C=O) groups excluding carboxylic acids is 1. The topological polar surface area (TPSA) is 88.0 Å². The van der Waals surface area contributed by atoms with Crippen molar-refractivity contribution in [1.29, 1.82) is 0 Å². The molecular weight excluding hydrogens is 456 g/mol. The van der Waals surface area contributed by atoms with E-state index in [1.807, 2.05) is 11.0 Å². The lowest BCUT2D eigenvalue weighted by molar-refractivity contribution is -0.385. The second-order valence-electron chi connectivity index (χ2n) is 10.4. The van der Waals surface area contributed by atoms with E-state index in [2.05, 4.69) is 55.3 Å². The number of rotatable bonds is 7. The Kier molecular flexibility index (Phi) is 8.14. The van der Waals surface area contributed by atoms with Crippen molar-refractivity contribution in [2.75, 3.05) is 29.9 Å². The summed E-state index contributed by atoms with van der Waals surface area (Å²) in [6.07, 6.45) is 3.76. The number of amides is 1. The van der Waals surface area contributed by atoms with E-state index in [1.54, 1.807) is 19.1 Å². The number of anilines is 2. The standard InChI is InChI=1S/C28H38N4O4/c1-19-5-10-25(11-6-19)30-16-22(4)31(17-21(30)3)28(33)18-36-26-12-7-23(8-13-26)29-24-9-14-27(32(34)35)20(2)15-24/h5-6,9-11,14-15,21-23,26,29H,7-8,12-13,16-18H2,1-4H3. The molecule has 2 fully saturated rings. The van der Waals surface area contributed by atoms with Crippen LogP contribution in [0.1, 0.15) is 50.7 Å². The highest BCUT2D eigenvalue weighted by molar-refractivity contribution is 5.78. The van der Waals surface area contributed by atoms with Crippen LogP contribution < -0.4 is 10.2 Å². The highest BCUT2D eigenvalue weighted by atomic mass is 16.6. The molecule has 2 unspecified atom stereocenters. The smallest absolute Gasteiger partial charge is 0.272 e. The summed E-state index contributed by atoms with van der Waals surface area (Å²) in [6.45, 7) is 9.78. The van der Waals surface area contributed by atoms with Gasteiger partial charge in [0.2, 0.25) is 5.91 Å². The third-order valence-electron chi connectivity index (χ3n) is 7.55. The van der Waals surface area contributed by atoms with Crippen LogP contribution in [0.2, 0.25) is 0 Å². The van der Waals surface area contributed by atoms with Crippen molar-refractivity contribution < 1.29 is 14.5 Å². The Bertz CT molecular complexity index is 1070. The van der Waals surface area contributed by atoms with Crippen molar-refractivity contribution in [2.24, 2.45) is 0 Å². The zero-order chi connectivity index (χ0) is 25.8. The fraction of sp³-hybridized carbons (Fsp3) is 0.536. The highest BCUT2D eigenvalue weighted by Gasteiger charge is 2.32. The van der Waals surface area contributed by atoms with Crippen LogP contribution >= 0.6 is 0 Å². The second-order valence-corrected chi connectivity index (χ2v) is 10.4. The zero-order valence-corrected chi connectivity index (χ0v) is 21.8. The van der Waals surface area contributed by atoms with Crippen LogP contribution in [0.5, 0.6) is 0 Å². The minimum atomic E-state index is -0.353. The van der Waals surface area contributed by atoms with Crippen LogP contribution in [0.15, 0.2) is 42.5 Å². The maximum absolute atomic E-state index is 13.0. The number of piperazine rings is 1. The Hall–Kier alpha value is -3.13. The number of hydrogen-bond donors (Lipinski definition) is 1. The van der Waals surface area contributed by atoms with Gasteiger partial charge < -0.3 is 19.9 Å². The third-order valence-corrected chi connectivity index (χ3v) is 7.55. The molecule has 2 aromatic rings. The van der Waals surface area contributed by atoms with E-state index >= 15 is 0 Å². The molecule has 0 aromatic heterocycles. The van der Waals surface area contributed by atoms with Crippen LogP contribution in [0.4, 0.5) is 17.1 Å². The molecule has 1 saturated carbocycles. The predicted molar refractivity (Wildman–Crippen MR) is 143 cm³/mol. The summed E-state index contributed by atoms with van der Waals surface area (Å²) < 4.78 is 6.06. The van der Waals surface area contributed by atoms with Gasteiger partial charge in [0.25, 0.3) is 5.69 Å². The number of aryl methyl sites for hydroxylation is 2. The first-order valence-corrected chi connectivity index (χ1v) is 13.0. The monoisotopic (exact) mass is 494 g/mol. The van der Waals surface area contributed by atoms with E-state index in [0.29, 0.717) is 18.2 Å². The molecule has 1 N–H and O–H groups in total. The Balaban J connectivity index is 1.22. The van der Waals surface area contributed by atoms with Gasteiger partial charge in [-0.1, -0.05) is 17.7 Å². The van der Waals surface area contributed by atoms with Crippen molar-refractivity contribution in [3.05, 3.63) is 63.7 Å². The quantitative estimate of drug-likeness (QED) is 0.427. The molecule has 0 radical (unpaired) electrons. The molecule has 0 bridgehead atoms. The number of nitro benzene ring substituents is 1. The minimum Gasteiger partial charge on any atom is -0.382 e. The lowest BCUT2D eigenvalue weighted by Crippen LogP contribution is -2.59. The van der Waals surface area contributed by atoms with Gasteiger partial charge in [0.05, 0.1) is 11.0 Å². The normalized spacial score (nSPS) is 24.4. The Morgan fingerprint density at radius 1 is 1.03 bits per heavy atom. The molecule has 2 aliphatic rings. The van der Waals surface area contributed by atoms with E-state index < -0.39 is 0 Å². The molecule has 2 aromatic carbocycles. The highest BCUT2D eigenvalue weighted by Crippen LogP contribution is 2.28.